The van der Waals surface area contributed by atoms with E-state index in [1.807, 2.05) is 0 Å². The van der Waals surface area contributed by atoms with Crippen LogP contribution < -0.4 is 10.1 Å². The van der Waals surface area contributed by atoms with Crippen LogP contribution in [-0.4, -0.2) is 39.4 Å². The van der Waals surface area contributed by atoms with Gasteiger partial charge in [0, 0.05) is 40.7 Å². The average molecular weight is 472 g/mol. The largest absolute Gasteiger partial charge is 0.472 e. The molecule has 1 fully saturated rings. The first-order valence-electron chi connectivity index (χ1n) is 11.0. The highest BCUT2D eigenvalue weighted by molar-refractivity contribution is 8.04. The van der Waals surface area contributed by atoms with Crippen molar-refractivity contribution >= 4 is 23.5 Å². The molecule has 2 aliphatic heterocycles. The van der Waals surface area contributed by atoms with Crippen LogP contribution in [0.4, 0.5) is 13.2 Å². The highest BCUT2D eigenvalue weighted by atomic mass is 32.2. The first-order chi connectivity index (χ1) is 15.0. The van der Waals surface area contributed by atoms with Crippen LogP contribution >= 0.6 is 11.8 Å². The molecule has 176 valence electrons. The highest BCUT2D eigenvalue weighted by Crippen LogP contribution is 2.50. The Balaban J connectivity index is 1.59. The van der Waals surface area contributed by atoms with E-state index in [9.17, 15) is 22.8 Å². The smallest absolute Gasteiger partial charge is 0.435 e. The van der Waals surface area contributed by atoms with Crippen LogP contribution in [0.3, 0.4) is 0 Å². The van der Waals surface area contributed by atoms with Crippen molar-refractivity contribution in [1.29, 1.82) is 0 Å². The lowest BCUT2D eigenvalue weighted by Crippen LogP contribution is -2.34. The molecule has 3 heterocycles. The van der Waals surface area contributed by atoms with Gasteiger partial charge >= 0.3 is 6.18 Å². The lowest BCUT2D eigenvalue weighted by molar-refractivity contribution is -0.142. The summed E-state index contributed by atoms with van der Waals surface area (Å²) in [6, 6.07) is 0. The number of hydrogen-bond donors (Lipinski definition) is 1. The van der Waals surface area contributed by atoms with Gasteiger partial charge in [0.15, 0.2) is 11.5 Å². The summed E-state index contributed by atoms with van der Waals surface area (Å²) in [6.45, 7) is 3.29. The maximum Gasteiger partial charge on any atom is 0.435 e. The maximum absolute atomic E-state index is 13.5. The van der Waals surface area contributed by atoms with E-state index in [1.54, 1.807) is 32.7 Å². The molecule has 0 bridgehead atoms. The van der Waals surface area contributed by atoms with E-state index in [0.717, 1.165) is 35.3 Å². The number of nitrogens with zero attached hydrogens (tertiary/aromatic N) is 2. The number of nitrogens with one attached hydrogen (secondary N) is 1. The van der Waals surface area contributed by atoms with Crippen LogP contribution in [0.2, 0.25) is 0 Å². The molecule has 0 aromatic carbocycles. The maximum atomic E-state index is 13.5. The summed E-state index contributed by atoms with van der Waals surface area (Å²) >= 11 is 1.58. The fourth-order valence-corrected chi connectivity index (χ4v) is 6.59. The molecular formula is C22H28F3N3O3S. The number of alkyl halides is 3. The number of aromatic nitrogens is 2. The molecule has 1 amide bonds. The number of ether oxygens (including phenoxy) is 1. The number of Topliss-reactive ketones (excluding diaryl/α,β-unsaturated/α-hetero) is 1. The van der Waals surface area contributed by atoms with Gasteiger partial charge in [-0.3, -0.25) is 9.59 Å². The van der Waals surface area contributed by atoms with E-state index in [0.29, 0.717) is 12.0 Å². The van der Waals surface area contributed by atoms with Crippen molar-refractivity contribution in [3.05, 3.63) is 21.7 Å². The predicted octanol–water partition coefficient (Wildman–Crippen LogP) is 4.27. The Kier molecular flexibility index (Phi) is 6.11. The van der Waals surface area contributed by atoms with E-state index in [4.69, 9.17) is 4.74 Å². The van der Waals surface area contributed by atoms with E-state index < -0.39 is 17.5 Å². The van der Waals surface area contributed by atoms with Gasteiger partial charge in [0.25, 0.3) is 0 Å². The standard InChI is InChI=1S/C22H28F3N3O3S/c1-21(2)9-8-14-18(22(23,24)25)27-28(20(14)31-21)11-12(29)10-16-17(19(30)26-3)13-6-4-5-7-15(13)32-16/h13,15H,4-11H2,1-3H3,(H,26,30). The molecular weight excluding hydrogens is 443 g/mol. The number of thioether (sulfide) groups is 1. The topological polar surface area (TPSA) is 73.2 Å². The molecule has 0 radical (unpaired) electrons. The highest BCUT2D eigenvalue weighted by Gasteiger charge is 2.44. The number of amides is 1. The number of carbonyl (C=O) groups excluding carboxylic acids is 2. The number of halogens is 3. The van der Waals surface area contributed by atoms with Crippen LogP contribution in [0.25, 0.3) is 0 Å². The van der Waals surface area contributed by atoms with Crippen molar-refractivity contribution in [2.24, 2.45) is 5.92 Å². The van der Waals surface area contributed by atoms with E-state index in [-0.39, 0.29) is 53.7 Å². The number of fused-ring (bicyclic) bond motifs is 2. The van der Waals surface area contributed by atoms with Crippen molar-refractivity contribution in [2.45, 2.75) is 82.4 Å². The number of rotatable bonds is 5. The second kappa shape index (κ2) is 8.43. The van der Waals surface area contributed by atoms with Crippen molar-refractivity contribution in [3.63, 3.8) is 0 Å². The molecule has 0 saturated heterocycles. The Bertz CT molecular complexity index is 968. The first kappa shape index (κ1) is 23.2. The molecule has 32 heavy (non-hydrogen) atoms. The van der Waals surface area contributed by atoms with Gasteiger partial charge in [-0.15, -0.1) is 11.8 Å². The quantitative estimate of drug-likeness (QED) is 0.694. The van der Waals surface area contributed by atoms with Crippen molar-refractivity contribution in [1.82, 2.24) is 15.1 Å². The van der Waals surface area contributed by atoms with Crippen LogP contribution in [0.5, 0.6) is 5.88 Å². The number of likely N-dealkylation sites (N-methyl/N-ethyl adjacent to an activating group) is 1. The van der Waals surface area contributed by atoms with Gasteiger partial charge in [-0.05, 0) is 39.5 Å². The van der Waals surface area contributed by atoms with Crippen molar-refractivity contribution < 1.29 is 27.5 Å². The van der Waals surface area contributed by atoms with Crippen LogP contribution in [-0.2, 0) is 28.7 Å². The number of ketones is 1. The minimum absolute atomic E-state index is 0.0103. The second-order valence-electron chi connectivity index (χ2n) is 9.33. The van der Waals surface area contributed by atoms with Crippen LogP contribution in [0, 0.1) is 5.92 Å². The molecule has 1 aliphatic carbocycles. The lowest BCUT2D eigenvalue weighted by Gasteiger charge is -2.31. The van der Waals surface area contributed by atoms with Crippen molar-refractivity contribution in [3.8, 4) is 5.88 Å². The molecule has 6 nitrogen and oxygen atoms in total. The molecule has 1 N–H and O–H groups in total. The summed E-state index contributed by atoms with van der Waals surface area (Å²) in [6.07, 6.45) is 0.0933. The van der Waals surface area contributed by atoms with Gasteiger partial charge in [-0.1, -0.05) is 12.8 Å². The summed E-state index contributed by atoms with van der Waals surface area (Å²) in [5.74, 6) is -0.306. The van der Waals surface area contributed by atoms with Crippen molar-refractivity contribution in [2.75, 3.05) is 7.05 Å². The molecule has 1 aromatic rings. The Hall–Kier alpha value is -1.97. The molecule has 4 rings (SSSR count). The summed E-state index contributed by atoms with van der Waals surface area (Å²) in [4.78, 5) is 26.2. The summed E-state index contributed by atoms with van der Waals surface area (Å²) in [5.41, 5.74) is -0.937. The summed E-state index contributed by atoms with van der Waals surface area (Å²) in [5, 5.41) is 6.70. The first-order valence-corrected chi connectivity index (χ1v) is 11.9. The zero-order chi connectivity index (χ0) is 23.3. The minimum atomic E-state index is -4.62. The molecule has 0 spiro atoms. The third-order valence-corrected chi connectivity index (χ3v) is 7.96. The second-order valence-corrected chi connectivity index (χ2v) is 10.7. The summed E-state index contributed by atoms with van der Waals surface area (Å²) < 4.78 is 47.4. The molecule has 1 saturated carbocycles. The lowest BCUT2D eigenvalue weighted by atomic mass is 9.82. The summed E-state index contributed by atoms with van der Waals surface area (Å²) in [7, 11) is 1.57. The fourth-order valence-electron chi connectivity index (χ4n) is 4.89. The number of allylic oxidation sites excluding steroid dienone is 1. The Morgan fingerprint density at radius 3 is 2.69 bits per heavy atom. The van der Waals surface area contributed by atoms with Gasteiger partial charge in [0.1, 0.15) is 12.1 Å². The normalized spacial score (nSPS) is 24.6. The van der Waals surface area contributed by atoms with E-state index in [1.165, 1.54) is 0 Å². The number of carbonyl (C=O) groups is 2. The van der Waals surface area contributed by atoms with Gasteiger partial charge in [0.2, 0.25) is 11.8 Å². The Morgan fingerprint density at radius 2 is 2.00 bits per heavy atom. The molecule has 1 aromatic heterocycles. The Labute approximate surface area is 189 Å². The van der Waals surface area contributed by atoms with E-state index in [2.05, 4.69) is 10.4 Å². The zero-order valence-electron chi connectivity index (χ0n) is 18.5. The van der Waals surface area contributed by atoms with E-state index >= 15 is 0 Å². The Morgan fingerprint density at radius 1 is 1.28 bits per heavy atom. The van der Waals surface area contributed by atoms with Crippen LogP contribution in [0.15, 0.2) is 10.5 Å². The molecule has 10 heteroatoms. The minimum Gasteiger partial charge on any atom is -0.472 e. The average Bonchev–Trinajstić information content (AvgIpc) is 3.24. The fraction of sp³-hybridized carbons (Fsp3) is 0.682. The van der Waals surface area contributed by atoms with Gasteiger partial charge < -0.3 is 10.1 Å². The predicted molar refractivity (Wildman–Crippen MR) is 114 cm³/mol. The molecule has 3 aliphatic rings. The monoisotopic (exact) mass is 471 g/mol. The molecule has 2 atom stereocenters. The van der Waals surface area contributed by atoms with Gasteiger partial charge in [0.05, 0.1) is 0 Å². The SMILES string of the molecule is CNC(=O)C1=C(CC(=O)Cn2nc(C(F)(F)F)c3c2OC(C)(C)CC3)SC2CCCCC12. The van der Waals surface area contributed by atoms with Gasteiger partial charge in [-0.25, -0.2) is 4.68 Å². The molecule has 2 unspecified atom stereocenters. The number of hydrogen-bond acceptors (Lipinski definition) is 5. The zero-order valence-corrected chi connectivity index (χ0v) is 19.3. The third-order valence-electron chi connectivity index (χ3n) is 6.44. The third kappa shape index (κ3) is 4.43. The van der Waals surface area contributed by atoms with Crippen LogP contribution in [0.1, 0.15) is 63.6 Å². The van der Waals surface area contributed by atoms with Gasteiger partial charge in [-0.2, -0.15) is 18.3 Å².